The molecule has 5 nitrogen and oxygen atoms in total. The van der Waals surface area contributed by atoms with Crippen molar-refractivity contribution in [2.75, 3.05) is 5.32 Å². The van der Waals surface area contributed by atoms with Gasteiger partial charge in [-0.1, -0.05) is 12.1 Å². The van der Waals surface area contributed by atoms with Gasteiger partial charge in [-0.2, -0.15) is 0 Å². The summed E-state index contributed by atoms with van der Waals surface area (Å²) in [6.07, 6.45) is 0.167. The Bertz CT molecular complexity index is 551. The number of carboxylic acid groups (broad SMARTS) is 1. The molecule has 5 heteroatoms. The van der Waals surface area contributed by atoms with Crippen LogP contribution in [0.4, 0.5) is 5.69 Å². The maximum absolute atomic E-state index is 11.8. The quantitative estimate of drug-likeness (QED) is 0.770. The number of benzene rings is 1. The minimum absolute atomic E-state index is 0.0491. The average molecular weight is 277 g/mol. The number of carboxylic acids is 1. The maximum atomic E-state index is 11.8. The van der Waals surface area contributed by atoms with Gasteiger partial charge in [0, 0.05) is 12.1 Å². The third-order valence-electron chi connectivity index (χ3n) is 3.79. The first-order chi connectivity index (χ1) is 9.32. The summed E-state index contributed by atoms with van der Waals surface area (Å²) >= 11 is 0. The number of hydrogen-bond acceptors (Lipinski definition) is 3. The molecule has 2 rings (SSSR count). The van der Waals surface area contributed by atoms with Crippen LogP contribution in [0.3, 0.4) is 0 Å². The normalized spacial score (nSPS) is 17.4. The lowest BCUT2D eigenvalue weighted by atomic mass is 9.84. The number of amides is 1. The summed E-state index contributed by atoms with van der Waals surface area (Å²) in [6, 6.07) is 5.39. The molecule has 1 atom stereocenters. The molecule has 20 heavy (non-hydrogen) atoms. The number of nitrogens with one attached hydrogen (secondary N) is 1. The number of rotatable bonds is 5. The van der Waals surface area contributed by atoms with Gasteiger partial charge in [-0.05, 0) is 43.9 Å². The Labute approximate surface area is 117 Å². The van der Waals surface area contributed by atoms with E-state index in [-0.39, 0.29) is 12.3 Å². The van der Waals surface area contributed by atoms with E-state index in [0.29, 0.717) is 12.8 Å². The molecule has 1 aromatic rings. The first-order valence-corrected chi connectivity index (χ1v) is 6.68. The Balaban J connectivity index is 2.14. The van der Waals surface area contributed by atoms with E-state index in [1.807, 2.05) is 19.9 Å². The van der Waals surface area contributed by atoms with Crippen molar-refractivity contribution in [2.45, 2.75) is 44.6 Å². The summed E-state index contributed by atoms with van der Waals surface area (Å²) in [5.74, 6) is -0.910. The van der Waals surface area contributed by atoms with Gasteiger partial charge in [-0.3, -0.25) is 9.59 Å². The van der Waals surface area contributed by atoms with Gasteiger partial charge in [0.25, 0.3) is 0 Å². The highest BCUT2D eigenvalue weighted by atomic mass is 16.4. The average Bonchev–Trinajstić information content (AvgIpc) is 2.59. The predicted octanol–water partition coefficient (Wildman–Crippen LogP) is 2.20. The Morgan fingerprint density at radius 2 is 2.10 bits per heavy atom. The molecule has 0 radical (unpaired) electrons. The summed E-state index contributed by atoms with van der Waals surface area (Å²) in [5, 5.41) is 21.5. The van der Waals surface area contributed by atoms with Crippen molar-refractivity contribution in [3.8, 4) is 0 Å². The van der Waals surface area contributed by atoms with Crippen molar-refractivity contribution < 1.29 is 19.8 Å². The van der Waals surface area contributed by atoms with Gasteiger partial charge in [0.1, 0.15) is 0 Å². The molecule has 1 heterocycles. The number of fused-ring (bicyclic) bond motifs is 1. The summed E-state index contributed by atoms with van der Waals surface area (Å²) in [5.41, 5.74) is 1.77. The smallest absolute Gasteiger partial charge is 0.303 e. The number of carbonyl (C=O) groups excluding carboxylic acids is 1. The van der Waals surface area contributed by atoms with E-state index < -0.39 is 17.5 Å². The van der Waals surface area contributed by atoms with Gasteiger partial charge in [-0.15, -0.1) is 0 Å². The van der Waals surface area contributed by atoms with Crippen LogP contribution in [0.5, 0.6) is 0 Å². The van der Waals surface area contributed by atoms with Crippen LogP contribution in [0.1, 0.15) is 50.3 Å². The first kappa shape index (κ1) is 14.5. The van der Waals surface area contributed by atoms with Crippen molar-refractivity contribution in [2.24, 2.45) is 0 Å². The van der Waals surface area contributed by atoms with Gasteiger partial charge in [0.05, 0.1) is 11.5 Å². The number of hydrogen-bond donors (Lipinski definition) is 3. The Hall–Kier alpha value is -1.88. The maximum Gasteiger partial charge on any atom is 0.303 e. The Morgan fingerprint density at radius 3 is 2.75 bits per heavy atom. The second-order valence-electron chi connectivity index (χ2n) is 5.69. The van der Waals surface area contributed by atoms with Crippen LogP contribution in [-0.2, 0) is 15.0 Å². The second-order valence-corrected chi connectivity index (χ2v) is 5.69. The third kappa shape index (κ3) is 2.67. The van der Waals surface area contributed by atoms with E-state index in [4.69, 9.17) is 5.11 Å². The number of anilines is 1. The van der Waals surface area contributed by atoms with Crippen LogP contribution in [0.15, 0.2) is 18.2 Å². The molecule has 1 aliphatic rings. The number of carbonyl (C=O) groups is 2. The van der Waals surface area contributed by atoms with E-state index >= 15 is 0 Å². The molecule has 3 N–H and O–H groups in total. The number of aliphatic hydroxyl groups is 1. The SMILES string of the molecule is CC1(C)C(=O)Nc2ccc(C(O)CCCC(=O)O)cc21. The molecular weight excluding hydrogens is 258 g/mol. The molecule has 1 amide bonds. The van der Waals surface area contributed by atoms with Gasteiger partial charge < -0.3 is 15.5 Å². The summed E-state index contributed by atoms with van der Waals surface area (Å²) in [4.78, 5) is 22.3. The lowest BCUT2D eigenvalue weighted by Gasteiger charge is -2.17. The summed E-state index contributed by atoms with van der Waals surface area (Å²) < 4.78 is 0. The van der Waals surface area contributed by atoms with E-state index in [1.54, 1.807) is 12.1 Å². The van der Waals surface area contributed by atoms with Crippen LogP contribution in [0, 0.1) is 0 Å². The molecule has 0 bridgehead atoms. The minimum Gasteiger partial charge on any atom is -0.481 e. The zero-order chi connectivity index (χ0) is 14.9. The highest BCUT2D eigenvalue weighted by molar-refractivity contribution is 6.05. The van der Waals surface area contributed by atoms with Crippen LogP contribution in [0.2, 0.25) is 0 Å². The zero-order valence-corrected chi connectivity index (χ0v) is 11.6. The van der Waals surface area contributed by atoms with Crippen molar-refractivity contribution >= 4 is 17.6 Å². The molecule has 1 unspecified atom stereocenters. The molecule has 0 fully saturated rings. The standard InChI is InChI=1S/C15H19NO4/c1-15(2)10-8-9(6-7-11(10)16-14(15)20)12(17)4-3-5-13(18)19/h6-8,12,17H,3-5H2,1-2H3,(H,16,20)(H,18,19). The molecule has 0 aliphatic carbocycles. The second kappa shape index (κ2) is 5.25. The van der Waals surface area contributed by atoms with E-state index in [0.717, 1.165) is 16.8 Å². The molecular formula is C15H19NO4. The zero-order valence-electron chi connectivity index (χ0n) is 11.6. The van der Waals surface area contributed by atoms with E-state index in [9.17, 15) is 14.7 Å². The fraction of sp³-hybridized carbons (Fsp3) is 0.467. The molecule has 1 aliphatic heterocycles. The fourth-order valence-electron chi connectivity index (χ4n) is 2.41. The molecule has 0 spiro atoms. The van der Waals surface area contributed by atoms with Crippen molar-refractivity contribution in [3.05, 3.63) is 29.3 Å². The van der Waals surface area contributed by atoms with Crippen LogP contribution in [0.25, 0.3) is 0 Å². The number of aliphatic hydroxyl groups excluding tert-OH is 1. The topological polar surface area (TPSA) is 86.6 Å². The third-order valence-corrected chi connectivity index (χ3v) is 3.79. The minimum atomic E-state index is -0.859. The summed E-state index contributed by atoms with van der Waals surface area (Å²) in [6.45, 7) is 3.68. The highest BCUT2D eigenvalue weighted by Gasteiger charge is 2.38. The molecule has 0 aromatic heterocycles. The Kier molecular flexibility index (Phi) is 3.81. The first-order valence-electron chi connectivity index (χ1n) is 6.68. The van der Waals surface area contributed by atoms with Crippen molar-refractivity contribution in [3.63, 3.8) is 0 Å². The van der Waals surface area contributed by atoms with Gasteiger partial charge in [0.15, 0.2) is 0 Å². The van der Waals surface area contributed by atoms with E-state index in [1.165, 1.54) is 0 Å². The lowest BCUT2D eigenvalue weighted by Crippen LogP contribution is -2.26. The van der Waals surface area contributed by atoms with Crippen LogP contribution in [-0.4, -0.2) is 22.1 Å². The van der Waals surface area contributed by atoms with Gasteiger partial charge in [-0.25, -0.2) is 0 Å². The highest BCUT2D eigenvalue weighted by Crippen LogP contribution is 2.38. The van der Waals surface area contributed by atoms with Crippen LogP contribution < -0.4 is 5.32 Å². The largest absolute Gasteiger partial charge is 0.481 e. The molecule has 108 valence electrons. The van der Waals surface area contributed by atoms with E-state index in [2.05, 4.69) is 5.32 Å². The molecule has 1 aromatic carbocycles. The molecule has 0 saturated carbocycles. The molecule has 0 saturated heterocycles. The van der Waals surface area contributed by atoms with Gasteiger partial charge >= 0.3 is 5.97 Å². The Morgan fingerprint density at radius 1 is 1.40 bits per heavy atom. The summed E-state index contributed by atoms with van der Waals surface area (Å²) in [7, 11) is 0. The van der Waals surface area contributed by atoms with Crippen molar-refractivity contribution in [1.82, 2.24) is 0 Å². The van der Waals surface area contributed by atoms with Crippen LogP contribution >= 0.6 is 0 Å². The predicted molar refractivity (Wildman–Crippen MR) is 74.5 cm³/mol. The lowest BCUT2D eigenvalue weighted by molar-refractivity contribution is -0.137. The fourth-order valence-corrected chi connectivity index (χ4v) is 2.41. The van der Waals surface area contributed by atoms with Crippen molar-refractivity contribution in [1.29, 1.82) is 0 Å². The monoisotopic (exact) mass is 277 g/mol. The number of aliphatic carboxylic acids is 1. The van der Waals surface area contributed by atoms with Gasteiger partial charge in [0.2, 0.25) is 5.91 Å².